The zero-order chi connectivity index (χ0) is 11.1. The molecule has 1 unspecified atom stereocenters. The molecule has 0 saturated heterocycles. The van der Waals surface area contributed by atoms with Crippen LogP contribution in [0.5, 0.6) is 5.75 Å². The van der Waals surface area contributed by atoms with Gasteiger partial charge >= 0.3 is 0 Å². The van der Waals surface area contributed by atoms with E-state index in [0.717, 1.165) is 12.0 Å². The highest BCUT2D eigenvalue weighted by atomic mass is 16.3. The van der Waals surface area contributed by atoms with Gasteiger partial charge < -0.3 is 10.4 Å². The van der Waals surface area contributed by atoms with Crippen LogP contribution in [0.15, 0.2) is 24.3 Å². The van der Waals surface area contributed by atoms with Gasteiger partial charge in [0.25, 0.3) is 0 Å². The lowest BCUT2D eigenvalue weighted by molar-refractivity contribution is 0.453. The summed E-state index contributed by atoms with van der Waals surface area (Å²) in [5.74, 6) is 0.303. The Labute approximate surface area is 90.4 Å². The van der Waals surface area contributed by atoms with E-state index in [0.29, 0.717) is 18.7 Å². The highest BCUT2D eigenvalue weighted by molar-refractivity contribution is 5.31. The van der Waals surface area contributed by atoms with Crippen LogP contribution in [-0.4, -0.2) is 11.1 Å². The van der Waals surface area contributed by atoms with Crippen molar-refractivity contribution in [2.24, 2.45) is 0 Å². The highest BCUT2D eigenvalue weighted by Crippen LogP contribution is 2.15. The molecule has 1 rings (SSSR count). The lowest BCUT2D eigenvalue weighted by Gasteiger charge is -2.13. The Kier molecular flexibility index (Phi) is 4.65. The Bertz CT molecular complexity index is 344. The summed E-state index contributed by atoms with van der Waals surface area (Å²) < 4.78 is 0. The maximum Gasteiger partial charge on any atom is 0.120 e. The molecule has 0 aliphatic carbocycles. The lowest BCUT2D eigenvalue weighted by Crippen LogP contribution is -2.27. The monoisotopic (exact) mass is 204 g/mol. The number of phenols is 1. The summed E-state index contributed by atoms with van der Waals surface area (Å²) in [7, 11) is 0. The highest BCUT2D eigenvalue weighted by Gasteiger charge is 2.06. The zero-order valence-electron chi connectivity index (χ0n) is 8.90. The molecule has 0 saturated carbocycles. The molecule has 1 aromatic carbocycles. The third-order valence-electron chi connectivity index (χ3n) is 2.40. The van der Waals surface area contributed by atoms with Crippen molar-refractivity contribution in [1.29, 1.82) is 5.26 Å². The summed E-state index contributed by atoms with van der Waals surface area (Å²) in [6, 6.07) is 9.58. The standard InChI is InChI=1S/C12H16N2O/c1-2-11(7-8-13)14-9-10-5-3-4-6-12(10)15/h3-6,11,14-15H,2,7,9H2,1H3. The van der Waals surface area contributed by atoms with Gasteiger partial charge in [0.2, 0.25) is 0 Å². The molecule has 0 radical (unpaired) electrons. The topological polar surface area (TPSA) is 56.0 Å². The van der Waals surface area contributed by atoms with E-state index < -0.39 is 0 Å². The van der Waals surface area contributed by atoms with Crippen LogP contribution in [0.1, 0.15) is 25.3 Å². The number of hydrogen-bond acceptors (Lipinski definition) is 3. The molecule has 1 atom stereocenters. The molecule has 0 amide bonds. The summed E-state index contributed by atoms with van der Waals surface area (Å²) in [4.78, 5) is 0. The van der Waals surface area contributed by atoms with E-state index in [-0.39, 0.29) is 6.04 Å². The third-order valence-corrected chi connectivity index (χ3v) is 2.40. The van der Waals surface area contributed by atoms with Crippen molar-refractivity contribution in [3.05, 3.63) is 29.8 Å². The van der Waals surface area contributed by atoms with Gasteiger partial charge in [0.05, 0.1) is 12.5 Å². The number of rotatable bonds is 5. The number of nitrogens with zero attached hydrogens (tertiary/aromatic N) is 1. The molecule has 0 aliphatic heterocycles. The van der Waals surface area contributed by atoms with E-state index in [1.165, 1.54) is 0 Å². The van der Waals surface area contributed by atoms with Gasteiger partial charge in [-0.25, -0.2) is 0 Å². The van der Waals surface area contributed by atoms with Crippen molar-refractivity contribution in [1.82, 2.24) is 5.32 Å². The van der Waals surface area contributed by atoms with E-state index in [1.54, 1.807) is 12.1 Å². The molecule has 3 heteroatoms. The first kappa shape index (κ1) is 11.5. The maximum atomic E-state index is 9.52. The molecular weight excluding hydrogens is 188 g/mol. The third kappa shape index (κ3) is 3.61. The van der Waals surface area contributed by atoms with Crippen molar-refractivity contribution < 1.29 is 5.11 Å². The van der Waals surface area contributed by atoms with Gasteiger partial charge in [0, 0.05) is 18.2 Å². The Hall–Kier alpha value is -1.53. The van der Waals surface area contributed by atoms with Gasteiger partial charge in [-0.3, -0.25) is 0 Å². The van der Waals surface area contributed by atoms with E-state index in [9.17, 15) is 5.11 Å². The van der Waals surface area contributed by atoms with Gasteiger partial charge in [-0.1, -0.05) is 25.1 Å². The van der Waals surface area contributed by atoms with Gasteiger partial charge in [0.15, 0.2) is 0 Å². The van der Waals surface area contributed by atoms with E-state index >= 15 is 0 Å². The fourth-order valence-electron chi connectivity index (χ4n) is 1.39. The zero-order valence-corrected chi connectivity index (χ0v) is 8.90. The normalized spacial score (nSPS) is 12.0. The van der Waals surface area contributed by atoms with Crippen LogP contribution in [0.25, 0.3) is 0 Å². The number of nitrogens with one attached hydrogen (secondary N) is 1. The van der Waals surface area contributed by atoms with Crippen LogP contribution in [0.3, 0.4) is 0 Å². The van der Waals surface area contributed by atoms with Crippen LogP contribution >= 0.6 is 0 Å². The maximum absolute atomic E-state index is 9.52. The van der Waals surface area contributed by atoms with Crippen LogP contribution in [-0.2, 0) is 6.54 Å². The van der Waals surface area contributed by atoms with E-state index in [1.807, 2.05) is 19.1 Å². The number of phenolic OH excluding ortho intramolecular Hbond substituents is 1. The van der Waals surface area contributed by atoms with E-state index in [4.69, 9.17) is 5.26 Å². The van der Waals surface area contributed by atoms with Gasteiger partial charge in [-0.15, -0.1) is 0 Å². The quantitative estimate of drug-likeness (QED) is 0.772. The van der Waals surface area contributed by atoms with Crippen molar-refractivity contribution in [2.45, 2.75) is 32.4 Å². The summed E-state index contributed by atoms with van der Waals surface area (Å²) in [6.45, 7) is 2.65. The van der Waals surface area contributed by atoms with Crippen LogP contribution in [0, 0.1) is 11.3 Å². The second-order valence-corrected chi connectivity index (χ2v) is 3.48. The predicted octanol–water partition coefficient (Wildman–Crippen LogP) is 2.17. The largest absolute Gasteiger partial charge is 0.508 e. The molecule has 0 fully saturated rings. The van der Waals surface area contributed by atoms with Crippen LogP contribution in [0.2, 0.25) is 0 Å². The molecule has 1 aromatic rings. The molecule has 0 bridgehead atoms. The average molecular weight is 204 g/mol. The minimum Gasteiger partial charge on any atom is -0.508 e. The van der Waals surface area contributed by atoms with Gasteiger partial charge in [-0.05, 0) is 12.5 Å². The summed E-state index contributed by atoms with van der Waals surface area (Å²) in [6.07, 6.45) is 1.42. The Morgan fingerprint density at radius 1 is 1.47 bits per heavy atom. The Balaban J connectivity index is 2.49. The van der Waals surface area contributed by atoms with Crippen molar-refractivity contribution >= 4 is 0 Å². The van der Waals surface area contributed by atoms with Crippen molar-refractivity contribution in [2.75, 3.05) is 0 Å². The molecule has 0 heterocycles. The first-order valence-electron chi connectivity index (χ1n) is 5.15. The second-order valence-electron chi connectivity index (χ2n) is 3.48. The van der Waals surface area contributed by atoms with Crippen LogP contribution in [0.4, 0.5) is 0 Å². The van der Waals surface area contributed by atoms with E-state index in [2.05, 4.69) is 11.4 Å². The van der Waals surface area contributed by atoms with Gasteiger partial charge in [-0.2, -0.15) is 5.26 Å². The molecule has 3 nitrogen and oxygen atoms in total. The fraction of sp³-hybridized carbons (Fsp3) is 0.417. The SMILES string of the molecule is CCC(CC#N)NCc1ccccc1O. The minimum absolute atomic E-state index is 0.203. The summed E-state index contributed by atoms with van der Waals surface area (Å²) in [5, 5.41) is 21.3. The van der Waals surface area contributed by atoms with Crippen LogP contribution < -0.4 is 5.32 Å². The number of hydrogen-bond donors (Lipinski definition) is 2. The number of nitriles is 1. The molecule has 0 spiro atoms. The van der Waals surface area contributed by atoms with Crippen molar-refractivity contribution in [3.63, 3.8) is 0 Å². The minimum atomic E-state index is 0.203. The Morgan fingerprint density at radius 3 is 2.80 bits per heavy atom. The molecular formula is C12H16N2O. The lowest BCUT2D eigenvalue weighted by atomic mass is 10.1. The smallest absolute Gasteiger partial charge is 0.120 e. The Morgan fingerprint density at radius 2 is 2.20 bits per heavy atom. The molecule has 80 valence electrons. The predicted molar refractivity (Wildman–Crippen MR) is 59.3 cm³/mol. The molecule has 2 N–H and O–H groups in total. The first-order valence-corrected chi connectivity index (χ1v) is 5.15. The summed E-state index contributed by atoms with van der Waals surface area (Å²) in [5.41, 5.74) is 0.869. The van der Waals surface area contributed by atoms with Crippen molar-refractivity contribution in [3.8, 4) is 11.8 Å². The average Bonchev–Trinajstić information content (AvgIpc) is 2.26. The summed E-state index contributed by atoms with van der Waals surface area (Å²) >= 11 is 0. The first-order chi connectivity index (χ1) is 7.27. The number of para-hydroxylation sites is 1. The second kappa shape index (κ2) is 6.05. The molecule has 15 heavy (non-hydrogen) atoms. The number of aromatic hydroxyl groups is 1. The van der Waals surface area contributed by atoms with Gasteiger partial charge in [0.1, 0.15) is 5.75 Å². The molecule has 0 aromatic heterocycles. The fourth-order valence-corrected chi connectivity index (χ4v) is 1.39. The number of benzene rings is 1. The molecule has 0 aliphatic rings.